The molecule has 1 unspecified atom stereocenters. The number of hydrogen-bond acceptors (Lipinski definition) is 5. The maximum absolute atomic E-state index is 5.52. The molecule has 1 aliphatic heterocycles. The Bertz CT molecular complexity index is 350. The van der Waals surface area contributed by atoms with Crippen LogP contribution in [0.4, 0.5) is 5.95 Å². The van der Waals surface area contributed by atoms with Gasteiger partial charge in [-0.05, 0) is 33.2 Å². The molecule has 1 aromatic rings. The van der Waals surface area contributed by atoms with Crippen LogP contribution in [0.3, 0.4) is 0 Å². The van der Waals surface area contributed by atoms with E-state index < -0.39 is 0 Å². The second kappa shape index (κ2) is 5.82. The Balaban J connectivity index is 1.86. The summed E-state index contributed by atoms with van der Waals surface area (Å²) >= 11 is 0. The first-order chi connectivity index (χ1) is 8.24. The standard InChI is InChI=1S/C12H20N4O/c1-9(2)17-11-5-7-14-12(16-11)15-8-10-4-3-6-13-10/h5,7,9-10,13H,3-4,6,8H2,1-2H3,(H,14,15,16). The van der Waals surface area contributed by atoms with Crippen molar-refractivity contribution >= 4 is 5.95 Å². The van der Waals surface area contributed by atoms with Gasteiger partial charge < -0.3 is 15.4 Å². The van der Waals surface area contributed by atoms with E-state index in [-0.39, 0.29) is 6.10 Å². The summed E-state index contributed by atoms with van der Waals surface area (Å²) in [6.07, 6.45) is 4.32. The fraction of sp³-hybridized carbons (Fsp3) is 0.667. The zero-order valence-electron chi connectivity index (χ0n) is 10.4. The lowest BCUT2D eigenvalue weighted by molar-refractivity contribution is 0.232. The molecule has 0 radical (unpaired) electrons. The number of nitrogens with one attached hydrogen (secondary N) is 2. The summed E-state index contributed by atoms with van der Waals surface area (Å²) in [7, 11) is 0. The summed E-state index contributed by atoms with van der Waals surface area (Å²) in [6.45, 7) is 5.95. The minimum Gasteiger partial charge on any atom is -0.475 e. The van der Waals surface area contributed by atoms with E-state index in [2.05, 4.69) is 20.6 Å². The van der Waals surface area contributed by atoms with E-state index in [1.165, 1.54) is 12.8 Å². The van der Waals surface area contributed by atoms with Crippen molar-refractivity contribution in [1.82, 2.24) is 15.3 Å². The second-order valence-corrected chi connectivity index (χ2v) is 4.56. The number of rotatable bonds is 5. The van der Waals surface area contributed by atoms with Gasteiger partial charge in [-0.25, -0.2) is 4.98 Å². The van der Waals surface area contributed by atoms with Crippen molar-refractivity contribution in [1.29, 1.82) is 0 Å². The SMILES string of the molecule is CC(C)Oc1ccnc(NCC2CCCN2)n1. The lowest BCUT2D eigenvalue weighted by Crippen LogP contribution is -2.29. The molecule has 17 heavy (non-hydrogen) atoms. The van der Waals surface area contributed by atoms with E-state index in [1.807, 2.05) is 13.8 Å². The van der Waals surface area contributed by atoms with Crippen molar-refractivity contribution in [2.75, 3.05) is 18.4 Å². The van der Waals surface area contributed by atoms with Crippen molar-refractivity contribution in [3.63, 3.8) is 0 Å². The van der Waals surface area contributed by atoms with Crippen molar-refractivity contribution in [2.45, 2.75) is 38.8 Å². The van der Waals surface area contributed by atoms with Crippen LogP contribution < -0.4 is 15.4 Å². The van der Waals surface area contributed by atoms with E-state index >= 15 is 0 Å². The molecule has 2 N–H and O–H groups in total. The third kappa shape index (κ3) is 3.85. The molecule has 1 saturated heterocycles. The first kappa shape index (κ1) is 12.1. The van der Waals surface area contributed by atoms with Gasteiger partial charge in [-0.1, -0.05) is 0 Å². The van der Waals surface area contributed by atoms with Gasteiger partial charge in [-0.15, -0.1) is 0 Å². The van der Waals surface area contributed by atoms with Crippen molar-refractivity contribution in [3.8, 4) is 5.88 Å². The van der Waals surface area contributed by atoms with Crippen LogP contribution in [0.5, 0.6) is 5.88 Å². The number of aromatic nitrogens is 2. The summed E-state index contributed by atoms with van der Waals surface area (Å²) in [6, 6.07) is 2.31. The monoisotopic (exact) mass is 236 g/mol. The number of ether oxygens (including phenoxy) is 1. The van der Waals surface area contributed by atoms with Gasteiger partial charge in [-0.2, -0.15) is 4.98 Å². The van der Waals surface area contributed by atoms with E-state index in [9.17, 15) is 0 Å². The van der Waals surface area contributed by atoms with Crippen LogP contribution in [0, 0.1) is 0 Å². The first-order valence-corrected chi connectivity index (χ1v) is 6.21. The molecule has 1 aromatic heterocycles. The maximum Gasteiger partial charge on any atom is 0.225 e. The van der Waals surface area contributed by atoms with Gasteiger partial charge in [0.2, 0.25) is 11.8 Å². The third-order valence-electron chi connectivity index (χ3n) is 2.66. The highest BCUT2D eigenvalue weighted by Gasteiger charge is 2.13. The molecule has 0 aromatic carbocycles. The molecule has 1 atom stereocenters. The molecular formula is C12H20N4O. The summed E-state index contributed by atoms with van der Waals surface area (Å²) in [4.78, 5) is 8.48. The zero-order valence-corrected chi connectivity index (χ0v) is 10.4. The summed E-state index contributed by atoms with van der Waals surface area (Å²) in [5.74, 6) is 1.26. The highest BCUT2D eigenvalue weighted by molar-refractivity contribution is 5.27. The van der Waals surface area contributed by atoms with E-state index in [1.54, 1.807) is 12.3 Å². The zero-order chi connectivity index (χ0) is 12.1. The maximum atomic E-state index is 5.52. The number of anilines is 1. The Kier molecular flexibility index (Phi) is 4.14. The van der Waals surface area contributed by atoms with Gasteiger partial charge >= 0.3 is 0 Å². The van der Waals surface area contributed by atoms with Crippen LogP contribution in [0.2, 0.25) is 0 Å². The molecule has 5 heteroatoms. The Labute approximate surface area is 102 Å². The third-order valence-corrected chi connectivity index (χ3v) is 2.66. The Morgan fingerprint density at radius 2 is 2.47 bits per heavy atom. The number of hydrogen-bond donors (Lipinski definition) is 2. The van der Waals surface area contributed by atoms with Crippen LogP contribution in [-0.4, -0.2) is 35.2 Å². The van der Waals surface area contributed by atoms with Gasteiger partial charge in [-0.3, -0.25) is 0 Å². The predicted octanol–water partition coefficient (Wildman–Crippen LogP) is 1.43. The molecule has 0 bridgehead atoms. The van der Waals surface area contributed by atoms with Gasteiger partial charge in [0.25, 0.3) is 0 Å². The summed E-state index contributed by atoms with van der Waals surface area (Å²) < 4.78 is 5.52. The van der Waals surface area contributed by atoms with Crippen molar-refractivity contribution in [2.24, 2.45) is 0 Å². The van der Waals surface area contributed by atoms with E-state index in [0.717, 1.165) is 13.1 Å². The van der Waals surface area contributed by atoms with Crippen LogP contribution >= 0.6 is 0 Å². The largest absolute Gasteiger partial charge is 0.475 e. The molecule has 0 amide bonds. The fourth-order valence-electron chi connectivity index (χ4n) is 1.88. The van der Waals surface area contributed by atoms with Gasteiger partial charge in [0.15, 0.2) is 0 Å². The van der Waals surface area contributed by atoms with E-state index in [0.29, 0.717) is 17.9 Å². The summed E-state index contributed by atoms with van der Waals surface area (Å²) in [5.41, 5.74) is 0. The molecule has 2 heterocycles. The van der Waals surface area contributed by atoms with E-state index in [4.69, 9.17) is 4.74 Å². The van der Waals surface area contributed by atoms with Crippen molar-refractivity contribution < 1.29 is 4.74 Å². The molecule has 1 fully saturated rings. The highest BCUT2D eigenvalue weighted by atomic mass is 16.5. The molecule has 94 valence electrons. The highest BCUT2D eigenvalue weighted by Crippen LogP contribution is 2.11. The number of nitrogens with zero attached hydrogens (tertiary/aromatic N) is 2. The molecule has 2 rings (SSSR count). The lowest BCUT2D eigenvalue weighted by atomic mass is 10.2. The van der Waals surface area contributed by atoms with Crippen LogP contribution in [0.1, 0.15) is 26.7 Å². The molecule has 0 aliphatic carbocycles. The van der Waals surface area contributed by atoms with Crippen LogP contribution in [0.15, 0.2) is 12.3 Å². The minimum absolute atomic E-state index is 0.134. The Morgan fingerprint density at radius 3 is 3.18 bits per heavy atom. The van der Waals surface area contributed by atoms with Gasteiger partial charge in [0.05, 0.1) is 6.10 Å². The smallest absolute Gasteiger partial charge is 0.225 e. The molecule has 0 spiro atoms. The topological polar surface area (TPSA) is 59.1 Å². The molecular weight excluding hydrogens is 216 g/mol. The molecule has 1 aliphatic rings. The van der Waals surface area contributed by atoms with Gasteiger partial charge in [0.1, 0.15) is 0 Å². The second-order valence-electron chi connectivity index (χ2n) is 4.56. The van der Waals surface area contributed by atoms with Crippen LogP contribution in [-0.2, 0) is 0 Å². The molecule has 0 saturated carbocycles. The molecule has 5 nitrogen and oxygen atoms in total. The summed E-state index contributed by atoms with van der Waals surface area (Å²) in [5, 5.41) is 6.66. The van der Waals surface area contributed by atoms with Crippen LogP contribution in [0.25, 0.3) is 0 Å². The van der Waals surface area contributed by atoms with Gasteiger partial charge in [0, 0.05) is 24.8 Å². The quantitative estimate of drug-likeness (QED) is 0.810. The first-order valence-electron chi connectivity index (χ1n) is 6.21. The normalized spacial score (nSPS) is 19.6. The average Bonchev–Trinajstić information content (AvgIpc) is 2.79. The minimum atomic E-state index is 0.134. The lowest BCUT2D eigenvalue weighted by Gasteiger charge is -2.12. The Morgan fingerprint density at radius 1 is 1.59 bits per heavy atom. The van der Waals surface area contributed by atoms with Crippen molar-refractivity contribution in [3.05, 3.63) is 12.3 Å². The fourth-order valence-corrected chi connectivity index (χ4v) is 1.88. The Hall–Kier alpha value is -1.36. The average molecular weight is 236 g/mol. The predicted molar refractivity (Wildman–Crippen MR) is 67.3 cm³/mol.